The number of nitrogens with one attached hydrogen (secondary N) is 2. The number of methoxy groups -OCH3 is 1. The van der Waals surface area contributed by atoms with Crippen molar-refractivity contribution >= 4 is 33.6 Å². The zero-order valence-electron chi connectivity index (χ0n) is 14.1. The summed E-state index contributed by atoms with van der Waals surface area (Å²) in [6.07, 6.45) is 0. The molecule has 0 saturated heterocycles. The molecule has 0 radical (unpaired) electrons. The molecule has 9 nitrogen and oxygen atoms in total. The van der Waals surface area contributed by atoms with Gasteiger partial charge in [0.25, 0.3) is 15.9 Å². The number of carbonyl (C=O) groups is 3. The smallest absolute Gasteiger partial charge is 0.337 e. The second-order valence-electron chi connectivity index (χ2n) is 5.28. The van der Waals surface area contributed by atoms with Crippen LogP contribution in [0.15, 0.2) is 53.4 Å². The number of sulfonamides is 1. The summed E-state index contributed by atoms with van der Waals surface area (Å²) in [6, 6.07) is 10.8. The van der Waals surface area contributed by atoms with Crippen LogP contribution in [0.25, 0.3) is 0 Å². The Morgan fingerprint density at radius 1 is 1.04 bits per heavy atom. The van der Waals surface area contributed by atoms with Gasteiger partial charge >= 0.3 is 11.9 Å². The number of hydrogen-bond acceptors (Lipinski definition) is 6. The molecule has 3 N–H and O–H groups in total. The monoisotopic (exact) mass is 392 g/mol. The third-order valence-corrected chi connectivity index (χ3v) is 4.74. The molecule has 1 amide bonds. The maximum Gasteiger partial charge on any atom is 0.337 e. The molecule has 0 bridgehead atoms. The summed E-state index contributed by atoms with van der Waals surface area (Å²) in [6.45, 7) is -0.524. The highest BCUT2D eigenvalue weighted by molar-refractivity contribution is 7.92. The molecule has 0 fully saturated rings. The Hall–Kier alpha value is -3.40. The number of amides is 1. The van der Waals surface area contributed by atoms with Gasteiger partial charge in [0, 0.05) is 11.3 Å². The van der Waals surface area contributed by atoms with E-state index in [1.165, 1.54) is 55.6 Å². The van der Waals surface area contributed by atoms with Crippen LogP contribution in [-0.4, -0.2) is 45.0 Å². The van der Waals surface area contributed by atoms with Gasteiger partial charge < -0.3 is 15.2 Å². The number of hydrogen-bond donors (Lipinski definition) is 3. The lowest BCUT2D eigenvalue weighted by molar-refractivity contribution is -0.135. The molecule has 142 valence electrons. The molecule has 2 rings (SSSR count). The minimum absolute atomic E-state index is 0.0887. The molecular formula is C17H16N2O7S. The molecule has 0 aliphatic rings. The number of carboxylic acids is 1. The number of carboxylic acid groups (broad SMARTS) is 1. The van der Waals surface area contributed by atoms with Crippen LogP contribution < -0.4 is 10.0 Å². The summed E-state index contributed by atoms with van der Waals surface area (Å²) in [5.41, 5.74) is 0.450. The molecule has 0 unspecified atom stereocenters. The molecule has 0 aliphatic heterocycles. The van der Waals surface area contributed by atoms with Crippen molar-refractivity contribution in [2.45, 2.75) is 4.90 Å². The van der Waals surface area contributed by atoms with E-state index < -0.39 is 34.4 Å². The third-order valence-electron chi connectivity index (χ3n) is 3.36. The molecular weight excluding hydrogens is 376 g/mol. The summed E-state index contributed by atoms with van der Waals surface area (Å²) in [5, 5.41) is 10.7. The van der Waals surface area contributed by atoms with Gasteiger partial charge in [-0.2, -0.15) is 0 Å². The fourth-order valence-electron chi connectivity index (χ4n) is 2.07. The highest BCUT2D eigenvalue weighted by atomic mass is 32.2. The topological polar surface area (TPSA) is 139 Å². The van der Waals surface area contributed by atoms with Crippen molar-refractivity contribution in [3.05, 3.63) is 59.7 Å². The maximum atomic E-state index is 12.5. The molecule has 0 aromatic heterocycles. The zero-order valence-corrected chi connectivity index (χ0v) is 14.9. The van der Waals surface area contributed by atoms with Crippen molar-refractivity contribution in [1.82, 2.24) is 5.32 Å². The van der Waals surface area contributed by atoms with Crippen LogP contribution in [0.5, 0.6) is 0 Å². The van der Waals surface area contributed by atoms with Gasteiger partial charge in [-0.3, -0.25) is 14.3 Å². The average molecular weight is 392 g/mol. The predicted octanol–water partition coefficient (Wildman–Crippen LogP) is 1.09. The van der Waals surface area contributed by atoms with E-state index in [0.29, 0.717) is 0 Å². The highest BCUT2D eigenvalue weighted by Gasteiger charge is 2.17. The van der Waals surface area contributed by atoms with Crippen molar-refractivity contribution in [2.24, 2.45) is 0 Å². The van der Waals surface area contributed by atoms with Gasteiger partial charge in [0.15, 0.2) is 0 Å². The fraction of sp³-hybridized carbons (Fsp3) is 0.118. The maximum absolute atomic E-state index is 12.5. The Labute approximate surface area is 155 Å². The lowest BCUT2D eigenvalue weighted by atomic mass is 10.2. The second-order valence-corrected chi connectivity index (χ2v) is 6.96. The van der Waals surface area contributed by atoms with Crippen molar-refractivity contribution in [3.8, 4) is 0 Å². The van der Waals surface area contributed by atoms with Crippen molar-refractivity contribution in [2.75, 3.05) is 18.4 Å². The van der Waals surface area contributed by atoms with Gasteiger partial charge in [-0.15, -0.1) is 0 Å². The lowest BCUT2D eigenvalue weighted by Gasteiger charge is -2.10. The molecule has 2 aromatic rings. The van der Waals surface area contributed by atoms with Crippen LogP contribution in [0.4, 0.5) is 5.69 Å². The van der Waals surface area contributed by atoms with Gasteiger partial charge in [-0.05, 0) is 42.5 Å². The largest absolute Gasteiger partial charge is 0.480 e. The van der Waals surface area contributed by atoms with Gasteiger partial charge in [-0.25, -0.2) is 13.2 Å². The third kappa shape index (κ3) is 5.28. The van der Waals surface area contributed by atoms with Gasteiger partial charge in [0.2, 0.25) is 0 Å². The van der Waals surface area contributed by atoms with Crippen LogP contribution in [0, 0.1) is 0 Å². The molecule has 27 heavy (non-hydrogen) atoms. The van der Waals surface area contributed by atoms with E-state index in [-0.39, 0.29) is 21.7 Å². The van der Waals surface area contributed by atoms with E-state index >= 15 is 0 Å². The molecule has 0 saturated carbocycles. The normalized spacial score (nSPS) is 10.7. The first-order valence-corrected chi connectivity index (χ1v) is 9.02. The minimum atomic E-state index is -3.97. The highest BCUT2D eigenvalue weighted by Crippen LogP contribution is 2.18. The van der Waals surface area contributed by atoms with Crippen LogP contribution in [0.1, 0.15) is 20.7 Å². The summed E-state index contributed by atoms with van der Waals surface area (Å²) in [7, 11) is -2.78. The van der Waals surface area contributed by atoms with Gasteiger partial charge in [0.1, 0.15) is 6.54 Å². The summed E-state index contributed by atoms with van der Waals surface area (Å²) in [4.78, 5) is 33.6. The predicted molar refractivity (Wildman–Crippen MR) is 95.0 cm³/mol. The van der Waals surface area contributed by atoms with E-state index in [1.807, 2.05) is 0 Å². The van der Waals surface area contributed by atoms with E-state index in [0.717, 1.165) is 0 Å². The lowest BCUT2D eigenvalue weighted by Crippen LogP contribution is -2.29. The molecule has 0 heterocycles. The van der Waals surface area contributed by atoms with Crippen molar-refractivity contribution < 1.29 is 32.6 Å². The number of anilines is 1. The summed E-state index contributed by atoms with van der Waals surface area (Å²) < 4.78 is 31.8. The van der Waals surface area contributed by atoms with E-state index in [4.69, 9.17) is 5.11 Å². The first kappa shape index (κ1) is 19.9. The molecule has 2 aromatic carbocycles. The zero-order chi connectivity index (χ0) is 20.0. The first-order valence-electron chi connectivity index (χ1n) is 7.54. The Morgan fingerprint density at radius 3 is 2.30 bits per heavy atom. The Kier molecular flexibility index (Phi) is 6.14. The molecule has 10 heteroatoms. The SMILES string of the molecule is COC(=O)c1cccc(S(=O)(=O)Nc2ccc(C(=O)NCC(=O)O)cc2)c1. The number of aliphatic carboxylic acids is 1. The standard InChI is InChI=1S/C17H16N2O7S/c1-26-17(23)12-3-2-4-14(9-12)27(24,25)19-13-7-5-11(6-8-13)16(22)18-10-15(20)21/h2-9,19H,10H2,1H3,(H,18,22)(H,20,21). The average Bonchev–Trinajstić information content (AvgIpc) is 2.65. The van der Waals surface area contributed by atoms with Crippen molar-refractivity contribution in [3.63, 3.8) is 0 Å². The van der Waals surface area contributed by atoms with E-state index in [2.05, 4.69) is 14.8 Å². The van der Waals surface area contributed by atoms with Gasteiger partial charge in [-0.1, -0.05) is 6.07 Å². The van der Waals surface area contributed by atoms with Crippen LogP contribution in [-0.2, 0) is 19.6 Å². The number of carbonyl (C=O) groups excluding carboxylic acids is 2. The van der Waals surface area contributed by atoms with E-state index in [1.54, 1.807) is 0 Å². The number of ether oxygens (including phenoxy) is 1. The quantitative estimate of drug-likeness (QED) is 0.599. The molecule has 0 spiro atoms. The first-order chi connectivity index (χ1) is 12.7. The summed E-state index contributed by atoms with van der Waals surface area (Å²) in [5.74, 6) is -2.44. The van der Waals surface area contributed by atoms with Crippen LogP contribution >= 0.6 is 0 Å². The Morgan fingerprint density at radius 2 is 1.70 bits per heavy atom. The second kappa shape index (κ2) is 8.32. The van der Waals surface area contributed by atoms with Crippen LogP contribution in [0.3, 0.4) is 0 Å². The number of esters is 1. The Balaban J connectivity index is 2.15. The molecule has 0 aliphatic carbocycles. The fourth-order valence-corrected chi connectivity index (χ4v) is 3.17. The number of benzene rings is 2. The number of rotatable bonds is 7. The van der Waals surface area contributed by atoms with Crippen molar-refractivity contribution in [1.29, 1.82) is 0 Å². The Bertz CT molecular complexity index is 969. The van der Waals surface area contributed by atoms with Gasteiger partial charge in [0.05, 0.1) is 17.6 Å². The van der Waals surface area contributed by atoms with Crippen LogP contribution in [0.2, 0.25) is 0 Å². The van der Waals surface area contributed by atoms with E-state index in [9.17, 15) is 22.8 Å². The summed E-state index contributed by atoms with van der Waals surface area (Å²) >= 11 is 0. The minimum Gasteiger partial charge on any atom is -0.480 e. The molecule has 0 atom stereocenters.